The molecule has 0 aliphatic heterocycles. The number of aryl methyl sites for hydroxylation is 1. The summed E-state index contributed by atoms with van der Waals surface area (Å²) < 4.78 is 26.7. The fourth-order valence-electron chi connectivity index (χ4n) is 4.13. The lowest BCUT2D eigenvalue weighted by Gasteiger charge is -2.20. The standard InChI is InChI=1S/C23H27N3O5S/c1-13-4-8-15(9-5-13)26-22(23(29)24-2)18-10-16(14-6-7-14)17(11-19(18)25-26)20(12-21(27)28)32(3,30)31/h4-5,8-11,14,20-21,27-28H,6-7,12H2,1-3H3,(H,24,29)/t20-/m1/s1. The Labute approximate surface area is 186 Å². The van der Waals surface area contributed by atoms with Gasteiger partial charge >= 0.3 is 0 Å². The Morgan fingerprint density at radius 2 is 1.88 bits per heavy atom. The predicted molar refractivity (Wildman–Crippen MR) is 122 cm³/mol. The Morgan fingerprint density at radius 3 is 2.41 bits per heavy atom. The van der Waals surface area contributed by atoms with Crippen LogP contribution in [0.15, 0.2) is 36.4 Å². The molecule has 0 saturated heterocycles. The molecule has 1 aliphatic carbocycles. The van der Waals surface area contributed by atoms with Crippen LogP contribution in [0.2, 0.25) is 0 Å². The summed E-state index contributed by atoms with van der Waals surface area (Å²) in [6.07, 6.45) is 0.840. The Balaban J connectivity index is 1.99. The first-order valence-corrected chi connectivity index (χ1v) is 12.5. The maximum Gasteiger partial charge on any atom is 0.270 e. The number of fused-ring (bicyclic) bond motifs is 1. The molecule has 1 saturated carbocycles. The van der Waals surface area contributed by atoms with Crippen molar-refractivity contribution >= 4 is 26.6 Å². The molecule has 1 fully saturated rings. The summed E-state index contributed by atoms with van der Waals surface area (Å²) in [4.78, 5) is 12.8. The average molecular weight is 458 g/mol. The van der Waals surface area contributed by atoms with Gasteiger partial charge in [-0.2, -0.15) is 5.10 Å². The molecule has 32 heavy (non-hydrogen) atoms. The first-order chi connectivity index (χ1) is 15.1. The van der Waals surface area contributed by atoms with Crippen molar-refractivity contribution in [3.05, 3.63) is 58.8 Å². The molecule has 170 valence electrons. The largest absolute Gasteiger partial charge is 0.368 e. The zero-order valence-corrected chi connectivity index (χ0v) is 19.1. The molecular weight excluding hydrogens is 430 g/mol. The number of amides is 1. The second-order valence-corrected chi connectivity index (χ2v) is 10.7. The van der Waals surface area contributed by atoms with Crippen molar-refractivity contribution < 1.29 is 23.4 Å². The third-order valence-corrected chi connectivity index (χ3v) is 7.38. The van der Waals surface area contributed by atoms with Crippen molar-refractivity contribution in [2.45, 2.75) is 43.6 Å². The van der Waals surface area contributed by atoms with Crippen LogP contribution in [0.4, 0.5) is 0 Å². The van der Waals surface area contributed by atoms with Crippen LogP contribution in [0, 0.1) is 6.92 Å². The molecule has 0 bridgehead atoms. The van der Waals surface area contributed by atoms with Crippen molar-refractivity contribution in [2.75, 3.05) is 13.3 Å². The lowest BCUT2D eigenvalue weighted by atomic mass is 9.96. The highest BCUT2D eigenvalue weighted by atomic mass is 32.2. The molecule has 3 aromatic rings. The van der Waals surface area contributed by atoms with E-state index in [1.165, 1.54) is 0 Å². The van der Waals surface area contributed by atoms with Crippen molar-refractivity contribution in [1.29, 1.82) is 0 Å². The molecule has 1 aliphatic rings. The maximum atomic E-state index is 12.8. The van der Waals surface area contributed by atoms with E-state index in [0.717, 1.165) is 30.2 Å². The Bertz CT molecular complexity index is 1280. The van der Waals surface area contributed by atoms with Gasteiger partial charge in [-0.25, -0.2) is 13.1 Å². The SMILES string of the molecule is CNC(=O)c1c2cc(C3CC3)c([C@@H](CC(O)O)S(C)(=O)=O)cc2nn1-c1ccc(C)cc1. The second-order valence-electron chi connectivity index (χ2n) is 8.48. The molecule has 8 nitrogen and oxygen atoms in total. The van der Waals surface area contributed by atoms with Gasteiger partial charge in [-0.15, -0.1) is 0 Å². The van der Waals surface area contributed by atoms with Crippen molar-refractivity contribution in [1.82, 2.24) is 15.1 Å². The first-order valence-electron chi connectivity index (χ1n) is 10.5. The molecule has 1 heterocycles. The lowest BCUT2D eigenvalue weighted by Crippen LogP contribution is -2.22. The van der Waals surface area contributed by atoms with Gasteiger partial charge in [0.2, 0.25) is 0 Å². The minimum absolute atomic E-state index is 0.176. The van der Waals surface area contributed by atoms with Crippen molar-refractivity contribution in [2.24, 2.45) is 0 Å². The number of hydrogen-bond acceptors (Lipinski definition) is 6. The number of nitrogens with zero attached hydrogens (tertiary/aromatic N) is 2. The molecule has 0 unspecified atom stereocenters. The summed E-state index contributed by atoms with van der Waals surface area (Å²) >= 11 is 0. The number of benzene rings is 2. The minimum Gasteiger partial charge on any atom is -0.368 e. The highest BCUT2D eigenvalue weighted by molar-refractivity contribution is 7.90. The Morgan fingerprint density at radius 1 is 1.22 bits per heavy atom. The number of sulfone groups is 1. The molecule has 2 aromatic carbocycles. The Hall–Kier alpha value is -2.75. The topological polar surface area (TPSA) is 122 Å². The van der Waals surface area contributed by atoms with Crippen LogP contribution in [0.25, 0.3) is 16.6 Å². The van der Waals surface area contributed by atoms with Gasteiger partial charge in [0, 0.05) is 25.1 Å². The molecule has 9 heteroatoms. The van der Waals surface area contributed by atoms with E-state index in [1.54, 1.807) is 17.8 Å². The van der Waals surface area contributed by atoms with E-state index < -0.39 is 21.4 Å². The molecule has 3 N–H and O–H groups in total. The highest BCUT2D eigenvalue weighted by Gasteiger charge is 2.35. The molecule has 0 radical (unpaired) electrons. The fourth-order valence-corrected chi connectivity index (χ4v) is 5.31. The molecule has 4 rings (SSSR count). The van der Waals surface area contributed by atoms with E-state index >= 15 is 0 Å². The highest BCUT2D eigenvalue weighted by Crippen LogP contribution is 2.46. The van der Waals surface area contributed by atoms with E-state index in [2.05, 4.69) is 10.4 Å². The van der Waals surface area contributed by atoms with Gasteiger partial charge in [-0.1, -0.05) is 17.7 Å². The van der Waals surface area contributed by atoms with E-state index in [-0.39, 0.29) is 18.2 Å². The van der Waals surface area contributed by atoms with Crippen molar-refractivity contribution in [3.63, 3.8) is 0 Å². The number of aromatic nitrogens is 2. The average Bonchev–Trinajstić information content (AvgIpc) is 3.51. The summed E-state index contributed by atoms with van der Waals surface area (Å²) in [6.45, 7) is 1.97. The van der Waals surface area contributed by atoms with Crippen LogP contribution in [-0.4, -0.2) is 53.9 Å². The maximum absolute atomic E-state index is 12.8. The third-order valence-electron chi connectivity index (χ3n) is 5.90. The monoisotopic (exact) mass is 457 g/mol. The van der Waals surface area contributed by atoms with Crippen LogP contribution in [-0.2, 0) is 9.84 Å². The van der Waals surface area contributed by atoms with Crippen LogP contribution in [0.1, 0.15) is 57.6 Å². The summed E-state index contributed by atoms with van der Waals surface area (Å²) in [6, 6.07) is 11.1. The van der Waals surface area contributed by atoms with Crippen molar-refractivity contribution in [3.8, 4) is 5.69 Å². The quantitative estimate of drug-likeness (QED) is 0.468. The van der Waals surface area contributed by atoms with Gasteiger partial charge in [-0.3, -0.25) is 4.79 Å². The van der Waals surface area contributed by atoms with Gasteiger partial charge in [0.15, 0.2) is 16.1 Å². The first kappa shape index (κ1) is 22.4. The van der Waals surface area contributed by atoms with E-state index in [0.29, 0.717) is 27.8 Å². The lowest BCUT2D eigenvalue weighted by molar-refractivity contribution is -0.0457. The number of carbonyl (C=O) groups excluding carboxylic acids is 1. The zero-order valence-electron chi connectivity index (χ0n) is 18.2. The number of rotatable bonds is 7. The number of carbonyl (C=O) groups is 1. The van der Waals surface area contributed by atoms with Gasteiger partial charge in [0.05, 0.1) is 16.5 Å². The Kier molecular flexibility index (Phi) is 5.83. The number of hydrogen-bond donors (Lipinski definition) is 3. The van der Waals surface area contributed by atoms with E-state index in [1.807, 2.05) is 37.3 Å². The smallest absolute Gasteiger partial charge is 0.270 e. The van der Waals surface area contributed by atoms with Gasteiger partial charge in [0.1, 0.15) is 5.69 Å². The molecular formula is C23H27N3O5S. The summed E-state index contributed by atoms with van der Waals surface area (Å²) in [7, 11) is -2.07. The number of nitrogens with one attached hydrogen (secondary N) is 1. The van der Waals surface area contributed by atoms with E-state index in [4.69, 9.17) is 0 Å². The molecule has 1 amide bonds. The van der Waals surface area contributed by atoms with Crippen LogP contribution in [0.5, 0.6) is 0 Å². The zero-order chi connectivity index (χ0) is 23.2. The van der Waals surface area contributed by atoms with Crippen LogP contribution >= 0.6 is 0 Å². The summed E-state index contributed by atoms with van der Waals surface area (Å²) in [5, 5.41) is 26.0. The fraction of sp³-hybridized carbons (Fsp3) is 0.391. The molecule has 0 spiro atoms. The number of aliphatic hydroxyl groups excluding tert-OH is 1. The van der Waals surface area contributed by atoms with Crippen LogP contribution in [0.3, 0.4) is 0 Å². The predicted octanol–water partition coefficient (Wildman–Crippen LogP) is 2.36. The molecule has 1 atom stereocenters. The van der Waals surface area contributed by atoms with Gasteiger partial charge in [0.25, 0.3) is 5.91 Å². The minimum atomic E-state index is -3.63. The summed E-state index contributed by atoms with van der Waals surface area (Å²) in [5.41, 5.74) is 3.98. The van der Waals surface area contributed by atoms with E-state index in [9.17, 15) is 23.4 Å². The normalized spacial score (nSPS) is 15.3. The third kappa shape index (κ3) is 4.28. The van der Waals surface area contributed by atoms with Gasteiger partial charge in [-0.05, 0) is 61.1 Å². The second kappa shape index (κ2) is 8.31. The number of aliphatic hydroxyl groups is 2. The van der Waals surface area contributed by atoms with Crippen LogP contribution < -0.4 is 5.32 Å². The molecule has 1 aromatic heterocycles. The summed E-state index contributed by atoms with van der Waals surface area (Å²) in [5.74, 6) is -0.122. The van der Waals surface area contributed by atoms with Gasteiger partial charge < -0.3 is 15.5 Å².